The maximum Gasteiger partial charge on any atom is 0.317 e. The first kappa shape index (κ1) is 38.3. The number of likely N-dealkylation sites (N-methyl/N-ethyl adjacent to an activating group) is 1. The van der Waals surface area contributed by atoms with Crippen molar-refractivity contribution in [1.82, 2.24) is 49.1 Å². The van der Waals surface area contributed by atoms with E-state index in [9.17, 15) is 14.0 Å². The molecule has 0 N–H and O–H groups in total. The van der Waals surface area contributed by atoms with Crippen molar-refractivity contribution in [1.29, 1.82) is 0 Å². The van der Waals surface area contributed by atoms with Gasteiger partial charge < -0.3 is 28.7 Å². The van der Waals surface area contributed by atoms with Crippen molar-refractivity contribution in [2.75, 3.05) is 43.1 Å². The molecule has 0 radical (unpaired) electrons. The zero-order valence-corrected chi connectivity index (χ0v) is 34.1. The lowest BCUT2D eigenvalue weighted by atomic mass is 10.1. The normalized spacial score (nSPS) is 22.7. The summed E-state index contributed by atoms with van der Waals surface area (Å²) in [6.45, 7) is 5.12. The summed E-state index contributed by atoms with van der Waals surface area (Å²) in [5.74, 6) is -1.22. The number of fused-ring (bicyclic) bond motifs is 8. The van der Waals surface area contributed by atoms with Crippen LogP contribution in [0.4, 0.5) is 24.9 Å². The first-order valence-corrected chi connectivity index (χ1v) is 20.8. The van der Waals surface area contributed by atoms with Gasteiger partial charge in [0.15, 0.2) is 11.5 Å². The predicted octanol–water partition coefficient (Wildman–Crippen LogP) is 4.72. The average molecular weight is 847 g/mol. The highest BCUT2D eigenvalue weighted by Crippen LogP contribution is 2.41. The standard InChI is InChI=1S/C43H41F3N12O4/c1-4-61-28-19-53(3)40(59)36-16-27(62-43-47-12-11-32(50-43)29-13-24(45)15-33-37(29)54(21-28)22(2)49-33)20-56(36)38-30-17-48-58(34-9-5-23(44)14-31(34)46)39(30)52-42(51-38)57-26-8-10-35(57)41(60)55(18-26)25-6-7-25/h5,8-9,11-15,17,25,27-28,35-36H,4,6-7,10,16,18-21H2,1-3H3/t27-,28-,35-,36-/m0/s1. The summed E-state index contributed by atoms with van der Waals surface area (Å²) < 4.78 is 60.9. The van der Waals surface area contributed by atoms with Crippen LogP contribution in [0.2, 0.25) is 0 Å². The van der Waals surface area contributed by atoms with Crippen molar-refractivity contribution in [3.05, 3.63) is 83.8 Å². The van der Waals surface area contributed by atoms with Crippen LogP contribution in [0.15, 0.2) is 60.6 Å². The number of anilines is 2. The molecule has 5 aliphatic rings. The number of carbonyl (C=O) groups is 2. The van der Waals surface area contributed by atoms with E-state index in [2.05, 4.69) is 15.1 Å². The summed E-state index contributed by atoms with van der Waals surface area (Å²) in [4.78, 5) is 60.0. The minimum absolute atomic E-state index is 0.0196. The highest BCUT2D eigenvalue weighted by molar-refractivity contribution is 5.95. The molecule has 11 rings (SSSR count). The van der Waals surface area contributed by atoms with Crippen LogP contribution in [0, 0.1) is 24.4 Å². The monoisotopic (exact) mass is 846 g/mol. The van der Waals surface area contributed by atoms with Gasteiger partial charge in [0, 0.05) is 62.3 Å². The molecule has 3 fully saturated rings. The van der Waals surface area contributed by atoms with Gasteiger partial charge in [0.2, 0.25) is 17.8 Å². The molecule has 6 aromatic rings. The molecule has 2 amide bonds. The first-order chi connectivity index (χ1) is 30.0. The smallest absolute Gasteiger partial charge is 0.317 e. The van der Waals surface area contributed by atoms with Crippen molar-refractivity contribution in [2.45, 2.75) is 76.4 Å². The summed E-state index contributed by atoms with van der Waals surface area (Å²) >= 11 is 0. The van der Waals surface area contributed by atoms with Gasteiger partial charge in [-0.15, -0.1) is 0 Å². The molecule has 4 atom stereocenters. The lowest BCUT2D eigenvalue weighted by molar-refractivity contribution is -0.134. The molecule has 0 spiro atoms. The van der Waals surface area contributed by atoms with Gasteiger partial charge in [0.05, 0.1) is 54.0 Å². The van der Waals surface area contributed by atoms with Gasteiger partial charge in [-0.3, -0.25) is 14.5 Å². The van der Waals surface area contributed by atoms with E-state index in [4.69, 9.17) is 24.4 Å². The highest BCUT2D eigenvalue weighted by atomic mass is 19.1. The topological polar surface area (TPSA) is 153 Å². The van der Waals surface area contributed by atoms with E-state index in [1.165, 1.54) is 29.1 Å². The second-order valence-electron chi connectivity index (χ2n) is 16.5. The summed E-state index contributed by atoms with van der Waals surface area (Å²) in [6, 6.07) is 6.49. The third kappa shape index (κ3) is 6.30. The van der Waals surface area contributed by atoms with E-state index in [1.54, 1.807) is 24.2 Å². The fourth-order valence-electron chi connectivity index (χ4n) is 9.52. The Labute approximate surface area is 352 Å². The number of hydrogen-bond acceptors (Lipinski definition) is 12. The first-order valence-electron chi connectivity index (χ1n) is 20.8. The molecule has 318 valence electrons. The Hall–Kier alpha value is -6.63. The van der Waals surface area contributed by atoms with Gasteiger partial charge in [0.1, 0.15) is 47.2 Å². The molecule has 2 aromatic carbocycles. The Morgan fingerprint density at radius 3 is 2.58 bits per heavy atom. The minimum atomic E-state index is -0.853. The Morgan fingerprint density at radius 1 is 0.919 bits per heavy atom. The van der Waals surface area contributed by atoms with Crippen molar-refractivity contribution in [3.63, 3.8) is 0 Å². The number of carbonyl (C=O) groups excluding carboxylic acids is 2. The summed E-state index contributed by atoms with van der Waals surface area (Å²) in [6.07, 6.45) is 6.50. The summed E-state index contributed by atoms with van der Waals surface area (Å²) in [7, 11) is 1.72. The zero-order valence-electron chi connectivity index (χ0n) is 34.1. The number of rotatable bonds is 6. The van der Waals surface area contributed by atoms with E-state index in [-0.39, 0.29) is 60.7 Å². The lowest BCUT2D eigenvalue weighted by Gasteiger charge is -2.39. The van der Waals surface area contributed by atoms with E-state index in [0.29, 0.717) is 65.4 Å². The minimum Gasteiger partial charge on any atom is -0.458 e. The van der Waals surface area contributed by atoms with Crippen LogP contribution in [0.3, 0.4) is 0 Å². The van der Waals surface area contributed by atoms with Gasteiger partial charge in [-0.05, 0) is 57.4 Å². The lowest BCUT2D eigenvalue weighted by Crippen LogP contribution is -2.54. The molecule has 1 aliphatic carbocycles. The fraction of sp³-hybridized carbons (Fsp3) is 0.395. The molecule has 1 saturated carbocycles. The molecule has 4 aliphatic heterocycles. The quantitative estimate of drug-likeness (QED) is 0.228. The van der Waals surface area contributed by atoms with Crippen molar-refractivity contribution in [2.24, 2.45) is 0 Å². The van der Waals surface area contributed by atoms with Crippen LogP contribution in [-0.2, 0) is 20.9 Å². The van der Waals surface area contributed by atoms with E-state index >= 15 is 8.78 Å². The number of hydrogen-bond donors (Lipinski definition) is 0. The zero-order chi connectivity index (χ0) is 42.6. The SMILES string of the molecule is CCO[C@H]1CN(C)C(=O)[C@@H]2C[C@@H](CN2c2nc(N3C4=CC[C@H]3C(=O)N(C3CC3)C4)nc3c2cnn3-c2ccc(F)cc2F)Oc2nccc(n2)-c2cc(F)cc3nc(C)n(c23)C1. The van der Waals surface area contributed by atoms with Gasteiger partial charge in [-0.2, -0.15) is 20.1 Å². The number of benzene rings is 2. The average Bonchev–Trinajstić information content (AvgIpc) is 3.55. The molecule has 2 saturated heterocycles. The Bertz CT molecular complexity index is 2860. The number of amides is 2. The predicted molar refractivity (Wildman–Crippen MR) is 219 cm³/mol. The van der Waals surface area contributed by atoms with E-state index in [0.717, 1.165) is 30.7 Å². The summed E-state index contributed by atoms with van der Waals surface area (Å²) in [5, 5.41) is 4.93. The molecular weight excluding hydrogens is 806 g/mol. The van der Waals surface area contributed by atoms with Crippen LogP contribution < -0.4 is 14.5 Å². The van der Waals surface area contributed by atoms with Crippen LogP contribution >= 0.6 is 0 Å². The van der Waals surface area contributed by atoms with Crippen LogP contribution in [0.25, 0.3) is 39.0 Å². The van der Waals surface area contributed by atoms with Gasteiger partial charge in [-0.1, -0.05) is 6.08 Å². The maximum absolute atomic E-state index is 15.5. The Kier molecular flexibility index (Phi) is 8.95. The molecule has 62 heavy (non-hydrogen) atoms. The van der Waals surface area contributed by atoms with Crippen LogP contribution in [0.1, 0.15) is 38.4 Å². The second-order valence-corrected chi connectivity index (χ2v) is 16.5. The summed E-state index contributed by atoms with van der Waals surface area (Å²) in [5.41, 5.74) is 3.06. The van der Waals surface area contributed by atoms with Gasteiger partial charge in [-0.25, -0.2) is 27.8 Å². The molecule has 19 heteroatoms. The van der Waals surface area contributed by atoms with Crippen molar-refractivity contribution in [3.8, 4) is 23.0 Å². The number of ether oxygens (including phenoxy) is 2. The van der Waals surface area contributed by atoms with Crippen molar-refractivity contribution < 1.29 is 32.2 Å². The van der Waals surface area contributed by atoms with E-state index in [1.807, 2.05) is 39.2 Å². The molecule has 0 unspecified atom stereocenters. The second kappa shape index (κ2) is 14.5. The van der Waals surface area contributed by atoms with Crippen molar-refractivity contribution >= 4 is 45.6 Å². The molecule has 16 nitrogen and oxygen atoms in total. The van der Waals surface area contributed by atoms with E-state index < -0.39 is 41.7 Å². The van der Waals surface area contributed by atoms with Gasteiger partial charge in [0.25, 0.3) is 0 Å². The number of halogens is 3. The number of aromatic nitrogens is 8. The fourth-order valence-corrected chi connectivity index (χ4v) is 9.52. The van der Waals surface area contributed by atoms with Crippen LogP contribution in [0.5, 0.6) is 6.01 Å². The highest BCUT2D eigenvalue weighted by Gasteiger charge is 2.48. The molecular formula is C43H41F3N12O4. The Morgan fingerprint density at radius 2 is 1.77 bits per heavy atom. The molecule has 8 heterocycles. The number of imidazole rings is 1. The molecule has 6 bridgehead atoms. The van der Waals surface area contributed by atoms with Gasteiger partial charge >= 0.3 is 6.01 Å². The maximum atomic E-state index is 15.5. The third-order valence-electron chi connectivity index (χ3n) is 12.5. The number of aryl methyl sites for hydroxylation is 1. The third-order valence-corrected chi connectivity index (χ3v) is 12.5. The number of piperazine rings is 1. The molecule has 4 aromatic heterocycles. The Balaban J connectivity index is 1.05. The number of nitrogens with zero attached hydrogens (tertiary/aromatic N) is 12. The van der Waals surface area contributed by atoms with Crippen LogP contribution in [-0.4, -0.2) is 125 Å². The largest absolute Gasteiger partial charge is 0.458 e.